The predicted octanol–water partition coefficient (Wildman–Crippen LogP) is 0.424. The van der Waals surface area contributed by atoms with E-state index in [4.69, 9.17) is 9.84 Å². The molecule has 0 bridgehead atoms. The third-order valence-corrected chi connectivity index (χ3v) is 3.37. The number of carbonyl (C=O) groups is 2. The first-order valence-corrected chi connectivity index (χ1v) is 6.05. The number of aliphatic carboxylic acids is 1. The Morgan fingerprint density at radius 2 is 2.18 bits per heavy atom. The van der Waals surface area contributed by atoms with Crippen molar-refractivity contribution in [3.8, 4) is 0 Å². The number of cyclic esters (lactones) is 1. The molecule has 2 N–H and O–H groups in total. The topological polar surface area (TPSA) is 78.9 Å². The molecule has 0 aromatic rings. The third kappa shape index (κ3) is 3.33. The zero-order valence-corrected chi connectivity index (χ0v) is 9.72. The van der Waals surface area contributed by atoms with Crippen molar-refractivity contribution in [3.05, 3.63) is 0 Å². The second-order valence-corrected chi connectivity index (χ2v) is 4.67. The van der Waals surface area contributed by atoms with E-state index in [1.807, 2.05) is 4.90 Å². The van der Waals surface area contributed by atoms with Gasteiger partial charge in [-0.05, 0) is 12.8 Å². The van der Waals surface area contributed by atoms with E-state index in [0.29, 0.717) is 19.1 Å². The van der Waals surface area contributed by atoms with E-state index in [1.54, 1.807) is 0 Å². The summed E-state index contributed by atoms with van der Waals surface area (Å²) in [5.41, 5.74) is 0. The van der Waals surface area contributed by atoms with Crippen LogP contribution in [0.5, 0.6) is 0 Å². The molecule has 2 rings (SSSR count). The number of nitrogens with zero attached hydrogens (tertiary/aromatic N) is 1. The van der Waals surface area contributed by atoms with Gasteiger partial charge in [0.05, 0.1) is 13.1 Å². The summed E-state index contributed by atoms with van der Waals surface area (Å²) in [6.07, 6.45) is 3.77. The number of hydrogen-bond acceptors (Lipinski definition) is 4. The van der Waals surface area contributed by atoms with Crippen molar-refractivity contribution in [1.82, 2.24) is 10.2 Å². The highest BCUT2D eigenvalue weighted by Gasteiger charge is 2.30. The zero-order valence-electron chi connectivity index (χ0n) is 9.72. The highest BCUT2D eigenvalue weighted by Crippen LogP contribution is 2.24. The van der Waals surface area contributed by atoms with Crippen molar-refractivity contribution >= 4 is 12.1 Å². The third-order valence-electron chi connectivity index (χ3n) is 3.37. The molecule has 96 valence electrons. The van der Waals surface area contributed by atoms with Crippen LogP contribution < -0.4 is 5.32 Å². The summed E-state index contributed by atoms with van der Waals surface area (Å²) in [6, 6.07) is 0.324. The minimum absolute atomic E-state index is 0.0265. The fourth-order valence-corrected chi connectivity index (χ4v) is 2.58. The molecule has 1 atom stereocenters. The Labute approximate surface area is 99.9 Å². The highest BCUT2D eigenvalue weighted by atomic mass is 16.6. The SMILES string of the molecule is O=C(O)CN(CC1CNC(=O)O1)C1CCCC1. The predicted molar refractivity (Wildman–Crippen MR) is 59.7 cm³/mol. The summed E-state index contributed by atoms with van der Waals surface area (Å²) in [4.78, 5) is 23.7. The summed E-state index contributed by atoms with van der Waals surface area (Å²) in [7, 11) is 0. The van der Waals surface area contributed by atoms with Crippen molar-refractivity contribution in [3.63, 3.8) is 0 Å². The van der Waals surface area contributed by atoms with E-state index in [-0.39, 0.29) is 12.6 Å². The summed E-state index contributed by atoms with van der Waals surface area (Å²) >= 11 is 0. The lowest BCUT2D eigenvalue weighted by Gasteiger charge is -2.28. The molecule has 6 nitrogen and oxygen atoms in total. The lowest BCUT2D eigenvalue weighted by Crippen LogP contribution is -2.43. The largest absolute Gasteiger partial charge is 0.480 e. The van der Waals surface area contributed by atoms with Gasteiger partial charge in [0.15, 0.2) is 0 Å². The van der Waals surface area contributed by atoms with Gasteiger partial charge < -0.3 is 15.2 Å². The number of hydrogen-bond donors (Lipinski definition) is 2. The Morgan fingerprint density at radius 3 is 2.71 bits per heavy atom. The molecular weight excluding hydrogens is 224 g/mol. The van der Waals surface area contributed by atoms with Crippen LogP contribution in [0.25, 0.3) is 0 Å². The Bertz CT molecular complexity index is 302. The molecule has 1 saturated carbocycles. The molecule has 1 aliphatic heterocycles. The first-order chi connectivity index (χ1) is 8.15. The fourth-order valence-electron chi connectivity index (χ4n) is 2.58. The van der Waals surface area contributed by atoms with Gasteiger partial charge in [0.2, 0.25) is 0 Å². The molecule has 2 fully saturated rings. The van der Waals surface area contributed by atoms with Crippen LogP contribution in [0.4, 0.5) is 4.79 Å². The fraction of sp³-hybridized carbons (Fsp3) is 0.818. The molecule has 1 unspecified atom stereocenters. The minimum Gasteiger partial charge on any atom is -0.480 e. The minimum atomic E-state index is -0.825. The van der Waals surface area contributed by atoms with Crippen LogP contribution in [0.3, 0.4) is 0 Å². The van der Waals surface area contributed by atoms with Crippen LogP contribution in [-0.2, 0) is 9.53 Å². The number of carbonyl (C=O) groups excluding carboxylic acids is 1. The first-order valence-electron chi connectivity index (χ1n) is 6.05. The molecule has 2 aliphatic rings. The van der Waals surface area contributed by atoms with Gasteiger partial charge in [0.1, 0.15) is 6.10 Å². The zero-order chi connectivity index (χ0) is 12.3. The molecule has 0 aromatic heterocycles. The van der Waals surface area contributed by atoms with Gasteiger partial charge in [0, 0.05) is 12.6 Å². The maximum absolute atomic E-state index is 10.9. The van der Waals surface area contributed by atoms with Gasteiger partial charge in [-0.3, -0.25) is 9.69 Å². The number of amides is 1. The van der Waals surface area contributed by atoms with E-state index in [1.165, 1.54) is 0 Å². The highest BCUT2D eigenvalue weighted by molar-refractivity contribution is 5.70. The second-order valence-electron chi connectivity index (χ2n) is 4.67. The summed E-state index contributed by atoms with van der Waals surface area (Å²) in [5, 5.41) is 11.5. The van der Waals surface area contributed by atoms with Crippen molar-refractivity contribution in [2.45, 2.75) is 37.8 Å². The molecule has 1 amide bonds. The maximum Gasteiger partial charge on any atom is 0.407 e. The van der Waals surface area contributed by atoms with Crippen molar-refractivity contribution in [1.29, 1.82) is 0 Å². The van der Waals surface area contributed by atoms with E-state index in [2.05, 4.69) is 5.32 Å². The normalized spacial score (nSPS) is 25.0. The monoisotopic (exact) mass is 242 g/mol. The number of ether oxygens (including phenoxy) is 1. The van der Waals surface area contributed by atoms with E-state index in [0.717, 1.165) is 25.7 Å². The molecule has 1 aliphatic carbocycles. The average molecular weight is 242 g/mol. The summed E-state index contributed by atoms with van der Waals surface area (Å²) in [5.74, 6) is -0.825. The molecule has 0 radical (unpaired) electrons. The number of alkyl carbamates (subject to hydrolysis) is 1. The summed E-state index contributed by atoms with van der Waals surface area (Å²) in [6.45, 7) is 1.01. The second kappa shape index (κ2) is 5.35. The van der Waals surface area contributed by atoms with Gasteiger partial charge in [0.25, 0.3) is 0 Å². The van der Waals surface area contributed by atoms with Crippen LogP contribution in [-0.4, -0.2) is 53.8 Å². The smallest absolute Gasteiger partial charge is 0.407 e. The van der Waals surface area contributed by atoms with Crippen molar-refractivity contribution in [2.24, 2.45) is 0 Å². The Morgan fingerprint density at radius 1 is 1.47 bits per heavy atom. The van der Waals surface area contributed by atoms with Crippen LogP contribution in [0, 0.1) is 0 Å². The van der Waals surface area contributed by atoms with Crippen LogP contribution in [0.15, 0.2) is 0 Å². The van der Waals surface area contributed by atoms with Gasteiger partial charge in [-0.1, -0.05) is 12.8 Å². The molecule has 1 saturated heterocycles. The first kappa shape index (κ1) is 12.2. The molecule has 1 heterocycles. The average Bonchev–Trinajstić information content (AvgIpc) is 2.87. The number of rotatable bonds is 5. The molecule has 0 spiro atoms. The standard InChI is InChI=1S/C11H18N2O4/c14-10(15)7-13(8-3-1-2-4-8)6-9-5-12-11(16)17-9/h8-9H,1-7H2,(H,12,16)(H,14,15). The van der Waals surface area contributed by atoms with E-state index < -0.39 is 12.1 Å². The number of nitrogens with one attached hydrogen (secondary N) is 1. The number of carboxylic acid groups (broad SMARTS) is 1. The molecule has 17 heavy (non-hydrogen) atoms. The van der Waals surface area contributed by atoms with Gasteiger partial charge >= 0.3 is 12.1 Å². The molecule has 0 aromatic carbocycles. The quantitative estimate of drug-likeness (QED) is 0.730. The Kier molecular flexibility index (Phi) is 3.83. The van der Waals surface area contributed by atoms with Crippen LogP contribution in [0.1, 0.15) is 25.7 Å². The maximum atomic E-state index is 10.9. The van der Waals surface area contributed by atoms with Gasteiger partial charge in [-0.2, -0.15) is 0 Å². The van der Waals surface area contributed by atoms with Crippen molar-refractivity contribution in [2.75, 3.05) is 19.6 Å². The number of carboxylic acids is 1. The van der Waals surface area contributed by atoms with Crippen LogP contribution in [0.2, 0.25) is 0 Å². The molecular formula is C11H18N2O4. The Balaban J connectivity index is 1.90. The summed E-state index contributed by atoms with van der Waals surface area (Å²) < 4.78 is 5.05. The van der Waals surface area contributed by atoms with E-state index in [9.17, 15) is 9.59 Å². The lowest BCUT2D eigenvalue weighted by molar-refractivity contribution is -0.139. The lowest BCUT2D eigenvalue weighted by atomic mass is 10.2. The van der Waals surface area contributed by atoms with Crippen molar-refractivity contribution < 1.29 is 19.4 Å². The molecule has 6 heteroatoms. The Hall–Kier alpha value is -1.30. The van der Waals surface area contributed by atoms with Gasteiger partial charge in [-0.25, -0.2) is 4.79 Å². The van der Waals surface area contributed by atoms with E-state index >= 15 is 0 Å². The van der Waals surface area contributed by atoms with Gasteiger partial charge in [-0.15, -0.1) is 0 Å². The van der Waals surface area contributed by atoms with Crippen LogP contribution >= 0.6 is 0 Å².